The number of aliphatic carboxylic acids is 1. The molecular formula is C19H21FN2O3. The van der Waals surface area contributed by atoms with Gasteiger partial charge in [-0.25, -0.2) is 4.39 Å². The molecule has 0 amide bonds. The molecule has 2 aromatic rings. The first-order valence-corrected chi connectivity index (χ1v) is 8.19. The Morgan fingerprint density at radius 1 is 1.44 bits per heavy atom. The molecule has 0 aliphatic carbocycles. The summed E-state index contributed by atoms with van der Waals surface area (Å²) >= 11 is 0. The number of nitrogens with zero attached hydrogens (tertiary/aromatic N) is 1. The van der Waals surface area contributed by atoms with E-state index < -0.39 is 17.8 Å². The highest BCUT2D eigenvalue weighted by Crippen LogP contribution is 2.37. The molecule has 0 radical (unpaired) electrons. The van der Waals surface area contributed by atoms with Gasteiger partial charge in [0.2, 0.25) is 0 Å². The quantitative estimate of drug-likeness (QED) is 0.843. The number of aromatic nitrogens is 1. The maximum Gasteiger partial charge on any atom is 0.321 e. The Morgan fingerprint density at radius 3 is 2.96 bits per heavy atom. The van der Waals surface area contributed by atoms with E-state index in [1.807, 2.05) is 32.0 Å². The number of carboxylic acid groups (broad SMARTS) is 1. The highest BCUT2D eigenvalue weighted by Gasteiger charge is 2.31. The number of carboxylic acids is 1. The van der Waals surface area contributed by atoms with Crippen molar-refractivity contribution >= 4 is 5.97 Å². The van der Waals surface area contributed by atoms with Gasteiger partial charge in [0.05, 0.1) is 6.20 Å². The molecule has 132 valence electrons. The Balaban J connectivity index is 1.71. The van der Waals surface area contributed by atoms with Crippen molar-refractivity contribution in [2.24, 2.45) is 0 Å². The number of carbonyl (C=O) groups is 1. The minimum Gasteiger partial charge on any atom is -0.487 e. The molecule has 1 aromatic carbocycles. The molecule has 5 nitrogen and oxygen atoms in total. The SMILES string of the molecule is CC1(C)Cc2cccc(CNC(Cc3cncc(F)c3)C(=O)O)c2O1. The van der Waals surface area contributed by atoms with Crippen LogP contribution in [-0.4, -0.2) is 27.7 Å². The van der Waals surface area contributed by atoms with E-state index in [4.69, 9.17) is 4.74 Å². The number of ether oxygens (including phenoxy) is 1. The van der Waals surface area contributed by atoms with Crippen LogP contribution in [-0.2, 0) is 24.2 Å². The van der Waals surface area contributed by atoms with Crippen molar-refractivity contribution < 1.29 is 19.0 Å². The Bertz CT molecular complexity index is 792. The van der Waals surface area contributed by atoms with Crippen LogP contribution in [0.1, 0.15) is 30.5 Å². The Hall–Kier alpha value is -2.47. The van der Waals surface area contributed by atoms with Gasteiger partial charge >= 0.3 is 5.97 Å². The lowest BCUT2D eigenvalue weighted by molar-refractivity contribution is -0.139. The third kappa shape index (κ3) is 4.14. The van der Waals surface area contributed by atoms with Crippen molar-refractivity contribution in [1.29, 1.82) is 0 Å². The zero-order chi connectivity index (χ0) is 18.0. The molecule has 1 aromatic heterocycles. The second-order valence-electron chi connectivity index (χ2n) is 6.93. The standard InChI is InChI=1S/C19H21FN2O3/c1-19(2)8-13-4-3-5-14(17(13)25-19)10-22-16(18(23)24)7-12-6-15(20)11-21-9-12/h3-6,9,11,16,22H,7-8,10H2,1-2H3,(H,23,24). The van der Waals surface area contributed by atoms with Crippen LogP contribution in [0.15, 0.2) is 36.7 Å². The summed E-state index contributed by atoms with van der Waals surface area (Å²) in [4.78, 5) is 15.3. The summed E-state index contributed by atoms with van der Waals surface area (Å²) < 4.78 is 19.3. The summed E-state index contributed by atoms with van der Waals surface area (Å²) in [6, 6.07) is 6.37. The number of hydrogen-bond acceptors (Lipinski definition) is 4. The normalized spacial score (nSPS) is 16.1. The third-order valence-electron chi connectivity index (χ3n) is 4.21. The predicted octanol–water partition coefficient (Wildman–Crippen LogP) is 2.72. The molecule has 1 aliphatic rings. The van der Waals surface area contributed by atoms with E-state index in [0.717, 1.165) is 29.5 Å². The van der Waals surface area contributed by atoms with Gasteiger partial charge in [-0.05, 0) is 31.0 Å². The fraction of sp³-hybridized carbons (Fsp3) is 0.368. The van der Waals surface area contributed by atoms with Crippen molar-refractivity contribution in [2.45, 2.75) is 44.9 Å². The summed E-state index contributed by atoms with van der Waals surface area (Å²) in [6.45, 7) is 4.42. The van der Waals surface area contributed by atoms with Crippen LogP contribution in [0.2, 0.25) is 0 Å². The number of benzene rings is 1. The van der Waals surface area contributed by atoms with Crippen LogP contribution in [0, 0.1) is 5.82 Å². The molecule has 25 heavy (non-hydrogen) atoms. The Kier molecular flexibility index (Phi) is 4.72. The van der Waals surface area contributed by atoms with E-state index in [2.05, 4.69) is 10.3 Å². The smallest absolute Gasteiger partial charge is 0.321 e. The van der Waals surface area contributed by atoms with E-state index in [9.17, 15) is 14.3 Å². The zero-order valence-electron chi connectivity index (χ0n) is 14.3. The Labute approximate surface area is 145 Å². The van der Waals surface area contributed by atoms with Gasteiger partial charge < -0.3 is 9.84 Å². The van der Waals surface area contributed by atoms with Crippen molar-refractivity contribution in [2.75, 3.05) is 0 Å². The summed E-state index contributed by atoms with van der Waals surface area (Å²) in [5.74, 6) is -0.632. The van der Waals surface area contributed by atoms with E-state index in [1.54, 1.807) is 0 Å². The van der Waals surface area contributed by atoms with Gasteiger partial charge in [0.25, 0.3) is 0 Å². The first-order chi connectivity index (χ1) is 11.8. The van der Waals surface area contributed by atoms with E-state index >= 15 is 0 Å². The van der Waals surface area contributed by atoms with Gasteiger partial charge in [-0.3, -0.25) is 15.1 Å². The lowest BCUT2D eigenvalue weighted by atomic mass is 10.0. The van der Waals surface area contributed by atoms with Gasteiger partial charge in [0.15, 0.2) is 0 Å². The number of nitrogens with one attached hydrogen (secondary N) is 1. The molecule has 3 rings (SSSR count). The van der Waals surface area contributed by atoms with Crippen LogP contribution < -0.4 is 10.1 Å². The molecule has 2 N–H and O–H groups in total. The van der Waals surface area contributed by atoms with Crippen LogP contribution in [0.5, 0.6) is 5.75 Å². The van der Waals surface area contributed by atoms with Gasteiger partial charge in [0, 0.05) is 31.1 Å². The van der Waals surface area contributed by atoms with E-state index in [0.29, 0.717) is 12.1 Å². The fourth-order valence-electron chi connectivity index (χ4n) is 3.10. The Morgan fingerprint density at radius 2 is 2.24 bits per heavy atom. The number of halogens is 1. The number of rotatable bonds is 6. The molecule has 0 bridgehead atoms. The van der Waals surface area contributed by atoms with Gasteiger partial charge in [-0.15, -0.1) is 0 Å². The predicted molar refractivity (Wildman–Crippen MR) is 91.0 cm³/mol. The topological polar surface area (TPSA) is 71.5 Å². The summed E-state index contributed by atoms with van der Waals surface area (Å²) in [7, 11) is 0. The van der Waals surface area contributed by atoms with Gasteiger partial charge in [0.1, 0.15) is 23.2 Å². The molecule has 1 unspecified atom stereocenters. The van der Waals surface area contributed by atoms with E-state index in [1.165, 1.54) is 12.3 Å². The van der Waals surface area contributed by atoms with Crippen molar-refractivity contribution in [1.82, 2.24) is 10.3 Å². The third-order valence-corrected chi connectivity index (χ3v) is 4.21. The molecule has 2 heterocycles. The minimum atomic E-state index is -0.988. The zero-order valence-corrected chi connectivity index (χ0v) is 14.3. The number of para-hydroxylation sites is 1. The van der Waals surface area contributed by atoms with Crippen LogP contribution in [0.25, 0.3) is 0 Å². The molecule has 6 heteroatoms. The van der Waals surface area contributed by atoms with Gasteiger partial charge in [-0.2, -0.15) is 0 Å². The van der Waals surface area contributed by atoms with Gasteiger partial charge in [-0.1, -0.05) is 18.2 Å². The largest absolute Gasteiger partial charge is 0.487 e. The number of hydrogen-bond donors (Lipinski definition) is 2. The monoisotopic (exact) mass is 344 g/mol. The maximum absolute atomic E-state index is 13.2. The molecule has 1 aliphatic heterocycles. The van der Waals surface area contributed by atoms with Crippen molar-refractivity contribution in [3.63, 3.8) is 0 Å². The first kappa shape index (κ1) is 17.4. The molecule has 0 spiro atoms. The summed E-state index contributed by atoms with van der Waals surface area (Å²) in [5, 5.41) is 12.5. The molecule has 0 fully saturated rings. The average molecular weight is 344 g/mol. The minimum absolute atomic E-state index is 0.154. The molecule has 1 atom stereocenters. The summed E-state index contributed by atoms with van der Waals surface area (Å²) in [5.41, 5.74) is 2.34. The van der Waals surface area contributed by atoms with Crippen LogP contribution >= 0.6 is 0 Å². The first-order valence-electron chi connectivity index (χ1n) is 8.19. The lowest BCUT2D eigenvalue weighted by Gasteiger charge is -2.19. The number of fused-ring (bicyclic) bond motifs is 1. The maximum atomic E-state index is 13.2. The second kappa shape index (κ2) is 6.80. The van der Waals surface area contributed by atoms with Crippen molar-refractivity contribution in [3.8, 4) is 5.75 Å². The summed E-state index contributed by atoms with van der Waals surface area (Å²) in [6.07, 6.45) is 3.56. The van der Waals surface area contributed by atoms with Crippen LogP contribution in [0.3, 0.4) is 0 Å². The second-order valence-corrected chi connectivity index (χ2v) is 6.93. The molecular weight excluding hydrogens is 323 g/mol. The molecule has 0 saturated carbocycles. The lowest BCUT2D eigenvalue weighted by Crippen LogP contribution is -2.38. The molecule has 0 saturated heterocycles. The van der Waals surface area contributed by atoms with Crippen LogP contribution in [0.4, 0.5) is 4.39 Å². The number of pyridine rings is 1. The fourth-order valence-corrected chi connectivity index (χ4v) is 3.10. The van der Waals surface area contributed by atoms with E-state index in [-0.39, 0.29) is 12.0 Å². The average Bonchev–Trinajstić information content (AvgIpc) is 2.85. The highest BCUT2D eigenvalue weighted by molar-refractivity contribution is 5.73. The van der Waals surface area contributed by atoms with Crippen molar-refractivity contribution in [3.05, 3.63) is 59.2 Å². The highest BCUT2D eigenvalue weighted by atomic mass is 19.1.